The summed E-state index contributed by atoms with van der Waals surface area (Å²) in [5, 5.41) is 24.2. The number of H-pyrrole nitrogens is 2. The minimum absolute atomic E-state index is 0.409. The lowest BCUT2D eigenvalue weighted by atomic mass is 9.97. The van der Waals surface area contributed by atoms with Crippen molar-refractivity contribution in [2.45, 2.75) is 57.2 Å². The molecule has 0 aromatic carbocycles. The zero-order valence-corrected chi connectivity index (χ0v) is 16.6. The van der Waals surface area contributed by atoms with Crippen LogP contribution in [0.5, 0.6) is 0 Å². The number of aromatic amines is 2. The molecule has 2 fully saturated rings. The predicted octanol–water partition coefficient (Wildman–Crippen LogP) is 3.66. The van der Waals surface area contributed by atoms with E-state index in [0.29, 0.717) is 24.5 Å². The quantitative estimate of drug-likeness (QED) is 0.511. The molecule has 4 N–H and O–H groups in total. The lowest BCUT2D eigenvalue weighted by Gasteiger charge is -2.39. The van der Waals surface area contributed by atoms with E-state index in [4.69, 9.17) is 10.2 Å². The van der Waals surface area contributed by atoms with Gasteiger partial charge in [-0.15, -0.1) is 0 Å². The molecule has 2 aliphatic rings. The first-order chi connectivity index (χ1) is 14.2. The molecule has 8 heteroatoms. The molecule has 0 amide bonds. The fourth-order valence-electron chi connectivity index (χ4n) is 4.98. The van der Waals surface area contributed by atoms with Gasteiger partial charge in [-0.3, -0.25) is 10.00 Å². The van der Waals surface area contributed by atoms with Crippen LogP contribution in [0, 0.1) is 18.3 Å². The van der Waals surface area contributed by atoms with E-state index in [1.165, 1.54) is 12.8 Å². The number of fused-ring (bicyclic) bond motifs is 3. The zero-order valence-electron chi connectivity index (χ0n) is 16.6. The number of hydrogen-bond acceptors (Lipinski definition) is 6. The van der Waals surface area contributed by atoms with Gasteiger partial charge in [0.25, 0.3) is 0 Å². The van der Waals surface area contributed by atoms with Crippen molar-refractivity contribution in [3.63, 3.8) is 0 Å². The number of hydrogen-bond donors (Lipinski definition) is 4. The van der Waals surface area contributed by atoms with Gasteiger partial charge in [0.2, 0.25) is 0 Å². The maximum Gasteiger partial charge on any atom is 0.153 e. The van der Waals surface area contributed by atoms with E-state index in [2.05, 4.69) is 42.9 Å². The average Bonchev–Trinajstić information content (AvgIpc) is 3.39. The van der Waals surface area contributed by atoms with Crippen LogP contribution in [0.25, 0.3) is 10.9 Å². The number of nitrogens with one attached hydrogen (secondary N) is 4. The van der Waals surface area contributed by atoms with E-state index >= 15 is 0 Å². The Labute approximate surface area is 169 Å². The molecule has 8 nitrogen and oxygen atoms in total. The molecule has 3 atom stereocenters. The maximum absolute atomic E-state index is 8.93. The Hall–Kier alpha value is -3.05. The molecule has 2 saturated heterocycles. The van der Waals surface area contributed by atoms with Gasteiger partial charge in [-0.2, -0.15) is 10.4 Å². The molecule has 0 saturated carbocycles. The number of aromatic nitrogens is 4. The Kier molecular flexibility index (Phi) is 4.60. The highest BCUT2D eigenvalue weighted by atomic mass is 15.2. The third-order valence-electron chi connectivity index (χ3n) is 6.22. The third-order valence-corrected chi connectivity index (χ3v) is 6.22. The van der Waals surface area contributed by atoms with Crippen LogP contribution < -0.4 is 10.6 Å². The van der Waals surface area contributed by atoms with Crippen LogP contribution >= 0.6 is 0 Å². The summed E-state index contributed by atoms with van der Waals surface area (Å²) in [5.74, 6) is 2.44. The number of aryl methyl sites for hydroxylation is 1. The van der Waals surface area contributed by atoms with Crippen LogP contribution in [0.4, 0.5) is 17.5 Å². The van der Waals surface area contributed by atoms with Crippen molar-refractivity contribution in [1.29, 1.82) is 5.26 Å². The Morgan fingerprint density at radius 2 is 2.07 bits per heavy atom. The lowest BCUT2D eigenvalue weighted by molar-refractivity contribution is 0.136. The van der Waals surface area contributed by atoms with E-state index in [1.54, 1.807) is 0 Å². The second-order valence-electron chi connectivity index (χ2n) is 8.20. The smallest absolute Gasteiger partial charge is 0.153 e. The molecule has 5 heterocycles. The van der Waals surface area contributed by atoms with Crippen molar-refractivity contribution in [3.8, 4) is 6.07 Å². The van der Waals surface area contributed by atoms with Gasteiger partial charge in [-0.05, 0) is 38.7 Å². The monoisotopic (exact) mass is 390 g/mol. The Morgan fingerprint density at radius 1 is 1.24 bits per heavy atom. The molecule has 3 aromatic heterocycles. The minimum atomic E-state index is 0.409. The largest absolute Gasteiger partial charge is 0.367 e. The van der Waals surface area contributed by atoms with Gasteiger partial charge in [0.05, 0.1) is 11.6 Å². The topological polar surface area (TPSA) is 108 Å². The Morgan fingerprint density at radius 3 is 2.79 bits per heavy atom. The fourth-order valence-corrected chi connectivity index (χ4v) is 4.98. The second-order valence-corrected chi connectivity index (χ2v) is 8.20. The van der Waals surface area contributed by atoms with Crippen LogP contribution in [-0.4, -0.2) is 49.7 Å². The zero-order chi connectivity index (χ0) is 19.8. The fraction of sp³-hybridized carbons (Fsp3) is 0.476. The summed E-state index contributed by atoms with van der Waals surface area (Å²) in [7, 11) is 0. The molecule has 150 valence electrons. The number of piperidine rings is 1. The molecule has 0 unspecified atom stereocenters. The standard InChI is InChI=1S/C21H26N8/c1-13-9-20(28-27-13)26-21-17-5-7-23-18(17)12-19(25-21)24-14-10-15-3-4-16(11-14)29(15)8-2-6-22/h5,7,9,12,14-16,23H,2-4,8,10-11H2,1H3,(H3,24,25,26,27,28)/t14-,15-,16+. The van der Waals surface area contributed by atoms with Crippen molar-refractivity contribution in [2.24, 2.45) is 0 Å². The summed E-state index contributed by atoms with van der Waals surface area (Å²) in [6.45, 7) is 2.88. The molecular weight excluding hydrogens is 364 g/mol. The van der Waals surface area contributed by atoms with Gasteiger partial charge >= 0.3 is 0 Å². The van der Waals surface area contributed by atoms with Crippen LogP contribution in [0.1, 0.15) is 37.8 Å². The van der Waals surface area contributed by atoms with Crippen LogP contribution in [-0.2, 0) is 0 Å². The van der Waals surface area contributed by atoms with Gasteiger partial charge < -0.3 is 15.6 Å². The third kappa shape index (κ3) is 3.54. The number of nitrogens with zero attached hydrogens (tertiary/aromatic N) is 4. The summed E-state index contributed by atoms with van der Waals surface area (Å²) >= 11 is 0. The van der Waals surface area contributed by atoms with Crippen molar-refractivity contribution >= 4 is 28.4 Å². The minimum Gasteiger partial charge on any atom is -0.367 e. The molecule has 5 rings (SSSR count). The SMILES string of the molecule is Cc1cc(Nc2nc(N[C@@H]3C[C@H]4CC[C@@H](C3)N4CCC#N)cc3[nH]ccc23)n[nH]1. The molecule has 29 heavy (non-hydrogen) atoms. The van der Waals surface area contributed by atoms with Gasteiger partial charge in [-0.1, -0.05) is 0 Å². The molecule has 2 aliphatic heterocycles. The number of nitriles is 1. The molecule has 0 spiro atoms. The van der Waals surface area contributed by atoms with E-state index in [1.807, 2.05) is 25.3 Å². The van der Waals surface area contributed by atoms with Gasteiger partial charge in [0, 0.05) is 60.5 Å². The van der Waals surface area contributed by atoms with Crippen LogP contribution in [0.15, 0.2) is 24.4 Å². The highest BCUT2D eigenvalue weighted by Crippen LogP contribution is 2.37. The summed E-state index contributed by atoms with van der Waals surface area (Å²) in [4.78, 5) is 10.7. The Bertz CT molecular complexity index is 1030. The van der Waals surface area contributed by atoms with Crippen molar-refractivity contribution < 1.29 is 0 Å². The molecule has 0 radical (unpaired) electrons. The van der Waals surface area contributed by atoms with Gasteiger partial charge in [0.15, 0.2) is 5.82 Å². The van der Waals surface area contributed by atoms with Crippen molar-refractivity contribution in [1.82, 2.24) is 25.1 Å². The number of pyridine rings is 1. The van der Waals surface area contributed by atoms with Gasteiger partial charge in [0.1, 0.15) is 11.6 Å². The maximum atomic E-state index is 8.93. The van der Waals surface area contributed by atoms with Crippen molar-refractivity contribution in [3.05, 3.63) is 30.1 Å². The first-order valence-corrected chi connectivity index (χ1v) is 10.4. The van der Waals surface area contributed by atoms with Gasteiger partial charge in [-0.25, -0.2) is 4.98 Å². The van der Waals surface area contributed by atoms with Crippen LogP contribution in [0.2, 0.25) is 0 Å². The second kappa shape index (κ2) is 7.41. The normalized spacial score (nSPS) is 23.9. The van der Waals surface area contributed by atoms with Crippen molar-refractivity contribution in [2.75, 3.05) is 17.2 Å². The number of anilines is 3. The molecular formula is C21H26N8. The number of rotatable bonds is 6. The first-order valence-electron chi connectivity index (χ1n) is 10.4. The summed E-state index contributed by atoms with van der Waals surface area (Å²) in [6.07, 6.45) is 7.25. The van der Waals surface area contributed by atoms with Crippen LogP contribution in [0.3, 0.4) is 0 Å². The van der Waals surface area contributed by atoms with E-state index < -0.39 is 0 Å². The highest BCUT2D eigenvalue weighted by molar-refractivity contribution is 5.93. The predicted molar refractivity (Wildman–Crippen MR) is 113 cm³/mol. The first kappa shape index (κ1) is 18.0. The lowest BCUT2D eigenvalue weighted by Crippen LogP contribution is -2.47. The summed E-state index contributed by atoms with van der Waals surface area (Å²) in [6, 6.07) is 9.94. The van der Waals surface area contributed by atoms with E-state index in [0.717, 1.165) is 53.4 Å². The molecule has 3 aromatic rings. The summed E-state index contributed by atoms with van der Waals surface area (Å²) in [5.41, 5.74) is 2.05. The highest BCUT2D eigenvalue weighted by Gasteiger charge is 2.40. The van der Waals surface area contributed by atoms with E-state index in [-0.39, 0.29) is 0 Å². The van der Waals surface area contributed by atoms with E-state index in [9.17, 15) is 0 Å². The Balaban J connectivity index is 1.34. The summed E-state index contributed by atoms with van der Waals surface area (Å²) < 4.78 is 0. The molecule has 2 bridgehead atoms. The average molecular weight is 390 g/mol. The molecule has 0 aliphatic carbocycles.